The lowest BCUT2D eigenvalue weighted by molar-refractivity contribution is -0.384. The molecule has 0 aliphatic heterocycles. The van der Waals surface area contributed by atoms with Crippen LogP contribution in [0.2, 0.25) is 0 Å². The summed E-state index contributed by atoms with van der Waals surface area (Å²) in [7, 11) is 0. The first-order chi connectivity index (χ1) is 10.2. The molecule has 1 heterocycles. The van der Waals surface area contributed by atoms with Crippen LogP contribution in [0.4, 0.5) is 5.69 Å². The highest BCUT2D eigenvalue weighted by atomic mass is 16.6. The summed E-state index contributed by atoms with van der Waals surface area (Å²) in [6.07, 6.45) is 1.83. The van der Waals surface area contributed by atoms with Crippen molar-refractivity contribution in [1.82, 2.24) is 15.0 Å². The fraction of sp³-hybridized carbons (Fsp3) is 0.0667. The number of benzene rings is 2. The van der Waals surface area contributed by atoms with Crippen LogP contribution in [-0.2, 0) is 6.54 Å². The minimum Gasteiger partial charge on any atom is -0.258 e. The van der Waals surface area contributed by atoms with Crippen LogP contribution in [0, 0.1) is 10.1 Å². The quantitative estimate of drug-likeness (QED) is 0.544. The number of non-ortho nitro benzene ring substituents is 1. The second-order valence-electron chi connectivity index (χ2n) is 4.59. The maximum atomic E-state index is 10.6. The Morgan fingerprint density at radius 3 is 2.43 bits per heavy atom. The molecule has 21 heavy (non-hydrogen) atoms. The highest BCUT2D eigenvalue weighted by Gasteiger charge is 2.08. The van der Waals surface area contributed by atoms with Crippen LogP contribution in [0.25, 0.3) is 11.3 Å². The Morgan fingerprint density at radius 2 is 1.76 bits per heavy atom. The molecule has 3 aromatic rings. The fourth-order valence-electron chi connectivity index (χ4n) is 2.03. The SMILES string of the molecule is O=[N+]([O-])c1ccc(-c2cn(Cc3ccccc3)nn2)cc1. The molecule has 0 saturated heterocycles. The van der Waals surface area contributed by atoms with Gasteiger partial charge in [0, 0.05) is 17.7 Å². The van der Waals surface area contributed by atoms with Gasteiger partial charge in [0.2, 0.25) is 0 Å². The van der Waals surface area contributed by atoms with Gasteiger partial charge in [-0.05, 0) is 17.7 Å². The van der Waals surface area contributed by atoms with Crippen LogP contribution in [0.1, 0.15) is 5.56 Å². The predicted molar refractivity (Wildman–Crippen MR) is 77.7 cm³/mol. The molecule has 0 N–H and O–H groups in total. The summed E-state index contributed by atoms with van der Waals surface area (Å²) in [6, 6.07) is 16.2. The van der Waals surface area contributed by atoms with Gasteiger partial charge in [-0.1, -0.05) is 35.5 Å². The number of nitro benzene ring substituents is 1. The molecule has 0 aliphatic rings. The highest BCUT2D eigenvalue weighted by Crippen LogP contribution is 2.20. The zero-order chi connectivity index (χ0) is 14.7. The van der Waals surface area contributed by atoms with Crippen LogP contribution >= 0.6 is 0 Å². The number of hydrogen-bond acceptors (Lipinski definition) is 4. The molecule has 1 aromatic heterocycles. The lowest BCUT2D eigenvalue weighted by Gasteiger charge is -1.99. The van der Waals surface area contributed by atoms with Crippen molar-refractivity contribution in [3.05, 3.63) is 76.5 Å². The Hall–Kier alpha value is -3.02. The summed E-state index contributed by atoms with van der Waals surface area (Å²) in [5, 5.41) is 18.8. The van der Waals surface area contributed by atoms with E-state index in [1.807, 2.05) is 36.5 Å². The Balaban J connectivity index is 1.80. The van der Waals surface area contributed by atoms with Gasteiger partial charge in [-0.2, -0.15) is 0 Å². The van der Waals surface area contributed by atoms with E-state index >= 15 is 0 Å². The molecule has 0 saturated carbocycles. The average Bonchev–Trinajstić information content (AvgIpc) is 2.97. The van der Waals surface area contributed by atoms with E-state index in [0.29, 0.717) is 12.2 Å². The van der Waals surface area contributed by atoms with Gasteiger partial charge in [-0.3, -0.25) is 10.1 Å². The molecule has 3 rings (SSSR count). The third-order valence-corrected chi connectivity index (χ3v) is 3.10. The first-order valence-electron chi connectivity index (χ1n) is 6.41. The van der Waals surface area contributed by atoms with E-state index in [-0.39, 0.29) is 5.69 Å². The second-order valence-corrected chi connectivity index (χ2v) is 4.59. The molecule has 0 atom stereocenters. The lowest BCUT2D eigenvalue weighted by atomic mass is 10.1. The molecule has 104 valence electrons. The third kappa shape index (κ3) is 2.94. The molecule has 6 heteroatoms. The van der Waals surface area contributed by atoms with E-state index in [1.165, 1.54) is 12.1 Å². The topological polar surface area (TPSA) is 73.8 Å². The molecule has 0 amide bonds. The molecular formula is C15H12N4O2. The van der Waals surface area contributed by atoms with E-state index in [2.05, 4.69) is 10.3 Å². The first-order valence-corrected chi connectivity index (χ1v) is 6.41. The van der Waals surface area contributed by atoms with Crippen molar-refractivity contribution in [1.29, 1.82) is 0 Å². The van der Waals surface area contributed by atoms with E-state index in [1.54, 1.807) is 16.8 Å². The smallest absolute Gasteiger partial charge is 0.258 e. The molecule has 0 spiro atoms. The summed E-state index contributed by atoms with van der Waals surface area (Å²) in [5.41, 5.74) is 2.70. The lowest BCUT2D eigenvalue weighted by Crippen LogP contribution is -1.99. The van der Waals surface area contributed by atoms with Crippen LogP contribution < -0.4 is 0 Å². The number of aromatic nitrogens is 3. The van der Waals surface area contributed by atoms with Gasteiger partial charge in [0.15, 0.2) is 0 Å². The van der Waals surface area contributed by atoms with Gasteiger partial charge >= 0.3 is 0 Å². The van der Waals surface area contributed by atoms with Crippen LogP contribution in [-0.4, -0.2) is 19.9 Å². The van der Waals surface area contributed by atoms with Gasteiger partial charge in [0.1, 0.15) is 5.69 Å². The number of nitro groups is 1. The van der Waals surface area contributed by atoms with Gasteiger partial charge < -0.3 is 0 Å². The molecule has 0 fully saturated rings. The van der Waals surface area contributed by atoms with Gasteiger partial charge in [-0.25, -0.2) is 4.68 Å². The molecule has 0 aliphatic carbocycles. The Bertz CT molecular complexity index is 751. The van der Waals surface area contributed by atoms with Crippen molar-refractivity contribution in [2.75, 3.05) is 0 Å². The standard InChI is InChI=1S/C15H12N4O2/c20-19(21)14-8-6-13(7-9-14)15-11-18(17-16-15)10-12-4-2-1-3-5-12/h1-9,11H,10H2. The Morgan fingerprint density at radius 1 is 1.05 bits per heavy atom. The van der Waals surface area contributed by atoms with E-state index in [9.17, 15) is 10.1 Å². The molecule has 2 aromatic carbocycles. The van der Waals surface area contributed by atoms with Crippen molar-refractivity contribution >= 4 is 5.69 Å². The minimum absolute atomic E-state index is 0.0652. The number of nitrogens with zero attached hydrogens (tertiary/aromatic N) is 4. The van der Waals surface area contributed by atoms with Gasteiger partial charge in [-0.15, -0.1) is 5.10 Å². The predicted octanol–water partition coefficient (Wildman–Crippen LogP) is 2.90. The number of rotatable bonds is 4. The van der Waals surface area contributed by atoms with Gasteiger partial charge in [0.25, 0.3) is 5.69 Å². The van der Waals surface area contributed by atoms with Crippen molar-refractivity contribution in [3.8, 4) is 11.3 Å². The molecule has 6 nitrogen and oxygen atoms in total. The normalized spacial score (nSPS) is 10.5. The fourth-order valence-corrected chi connectivity index (χ4v) is 2.03. The monoisotopic (exact) mass is 280 g/mol. The Kier molecular flexibility index (Phi) is 3.42. The zero-order valence-electron chi connectivity index (χ0n) is 11.1. The van der Waals surface area contributed by atoms with E-state index in [4.69, 9.17) is 0 Å². The van der Waals surface area contributed by atoms with Crippen molar-refractivity contribution < 1.29 is 4.92 Å². The molecule has 0 unspecified atom stereocenters. The third-order valence-electron chi connectivity index (χ3n) is 3.10. The molecular weight excluding hydrogens is 268 g/mol. The van der Waals surface area contributed by atoms with Crippen LogP contribution in [0.3, 0.4) is 0 Å². The highest BCUT2D eigenvalue weighted by molar-refractivity contribution is 5.59. The largest absolute Gasteiger partial charge is 0.269 e. The minimum atomic E-state index is -0.421. The van der Waals surface area contributed by atoms with Gasteiger partial charge in [0.05, 0.1) is 17.7 Å². The van der Waals surface area contributed by atoms with Crippen molar-refractivity contribution in [3.63, 3.8) is 0 Å². The summed E-state index contributed by atoms with van der Waals surface area (Å²) in [4.78, 5) is 10.2. The average molecular weight is 280 g/mol. The molecule has 0 radical (unpaired) electrons. The van der Waals surface area contributed by atoms with Crippen LogP contribution in [0.15, 0.2) is 60.8 Å². The van der Waals surface area contributed by atoms with E-state index < -0.39 is 4.92 Å². The number of hydrogen-bond donors (Lipinski definition) is 0. The van der Waals surface area contributed by atoms with E-state index in [0.717, 1.165) is 11.1 Å². The summed E-state index contributed by atoms with van der Waals surface area (Å²) < 4.78 is 1.74. The van der Waals surface area contributed by atoms with Crippen LogP contribution in [0.5, 0.6) is 0 Å². The first kappa shape index (κ1) is 13.0. The second kappa shape index (κ2) is 5.54. The Labute approximate surface area is 120 Å². The summed E-state index contributed by atoms with van der Waals surface area (Å²) in [6.45, 7) is 0.640. The van der Waals surface area contributed by atoms with Crippen molar-refractivity contribution in [2.24, 2.45) is 0 Å². The maximum Gasteiger partial charge on any atom is 0.269 e. The summed E-state index contributed by atoms with van der Waals surface area (Å²) >= 11 is 0. The van der Waals surface area contributed by atoms with Crippen molar-refractivity contribution in [2.45, 2.75) is 6.54 Å². The summed E-state index contributed by atoms with van der Waals surface area (Å²) in [5.74, 6) is 0. The molecule has 0 bridgehead atoms. The zero-order valence-corrected chi connectivity index (χ0v) is 11.1. The maximum absolute atomic E-state index is 10.6.